The number of nitrogens with two attached hydrogens (primary N) is 1. The number of ether oxygens (including phenoxy) is 1. The lowest BCUT2D eigenvalue weighted by atomic mass is 9.66. The fourth-order valence-corrected chi connectivity index (χ4v) is 4.63. The highest BCUT2D eigenvalue weighted by Gasteiger charge is 2.62. The third-order valence-corrected chi connectivity index (χ3v) is 5.61. The van der Waals surface area contributed by atoms with E-state index in [1.165, 1.54) is 0 Å². The molecule has 2 saturated heterocycles. The molecule has 3 atom stereocenters. The van der Waals surface area contributed by atoms with Gasteiger partial charge in [0, 0.05) is 18.8 Å². The molecule has 3 heterocycles. The molecule has 2 fully saturated rings. The van der Waals surface area contributed by atoms with Crippen molar-refractivity contribution >= 4 is 23.5 Å². The molecule has 4 N–H and O–H groups in total. The first-order valence-electron chi connectivity index (χ1n) is 8.77. The Morgan fingerprint density at radius 1 is 1.23 bits per heavy atom. The second-order valence-electron chi connectivity index (χ2n) is 7.30. The maximum absolute atomic E-state index is 12.9. The van der Waals surface area contributed by atoms with E-state index in [0.29, 0.717) is 13.1 Å². The summed E-state index contributed by atoms with van der Waals surface area (Å²) in [5.41, 5.74) is 7.14. The van der Waals surface area contributed by atoms with Gasteiger partial charge in [-0.05, 0) is 37.5 Å². The molecule has 0 unspecified atom stereocenters. The summed E-state index contributed by atoms with van der Waals surface area (Å²) in [6, 6.07) is 4.61. The maximum Gasteiger partial charge on any atom is 0.328 e. The standard InChI is InChI=1S/C18H22N4O4/c1-9-8-22-13-4-3-11(7-19)5-12(13)6-18(14(22)10(2)26-9)15(23)20-17(25)21-16(18)24/h3-5,9-10,14H,6-8,19H2,1-2H3,(H2,20,21,23,24,25)/t9-,10+,14-/m1/s1. The Kier molecular flexibility index (Phi) is 3.78. The number of barbiturate groups is 1. The fraction of sp³-hybridized carbons (Fsp3) is 0.500. The minimum absolute atomic E-state index is 0.0465. The summed E-state index contributed by atoms with van der Waals surface area (Å²) < 4.78 is 5.96. The van der Waals surface area contributed by atoms with E-state index in [1.54, 1.807) is 0 Å². The van der Waals surface area contributed by atoms with E-state index in [1.807, 2.05) is 32.0 Å². The summed E-state index contributed by atoms with van der Waals surface area (Å²) in [4.78, 5) is 39.6. The van der Waals surface area contributed by atoms with Crippen molar-refractivity contribution in [3.05, 3.63) is 29.3 Å². The topological polar surface area (TPSA) is 114 Å². The van der Waals surface area contributed by atoms with Crippen LogP contribution in [0.4, 0.5) is 10.5 Å². The van der Waals surface area contributed by atoms with Crippen molar-refractivity contribution in [3.8, 4) is 0 Å². The number of carbonyl (C=O) groups is 3. The number of fused-ring (bicyclic) bond motifs is 4. The van der Waals surface area contributed by atoms with Crippen LogP contribution in [0.5, 0.6) is 0 Å². The van der Waals surface area contributed by atoms with Crippen LogP contribution in [0.3, 0.4) is 0 Å². The second kappa shape index (κ2) is 5.78. The predicted octanol–water partition coefficient (Wildman–Crippen LogP) is 0.0360. The first-order chi connectivity index (χ1) is 12.4. The first kappa shape index (κ1) is 17.0. The van der Waals surface area contributed by atoms with Crippen molar-refractivity contribution in [2.75, 3.05) is 11.4 Å². The van der Waals surface area contributed by atoms with Gasteiger partial charge in [0.15, 0.2) is 5.41 Å². The molecule has 4 amide bonds. The highest BCUT2D eigenvalue weighted by atomic mass is 16.5. The molecule has 1 spiro atoms. The van der Waals surface area contributed by atoms with Gasteiger partial charge in [-0.1, -0.05) is 12.1 Å². The lowest BCUT2D eigenvalue weighted by molar-refractivity contribution is -0.153. The minimum atomic E-state index is -1.42. The van der Waals surface area contributed by atoms with Gasteiger partial charge in [0.2, 0.25) is 11.8 Å². The van der Waals surface area contributed by atoms with E-state index in [0.717, 1.165) is 16.8 Å². The Bertz CT molecular complexity index is 788. The van der Waals surface area contributed by atoms with E-state index >= 15 is 0 Å². The predicted molar refractivity (Wildman–Crippen MR) is 93.3 cm³/mol. The molecule has 8 nitrogen and oxygen atoms in total. The lowest BCUT2D eigenvalue weighted by Crippen LogP contribution is -2.75. The number of hydrogen-bond acceptors (Lipinski definition) is 6. The molecule has 3 aliphatic rings. The van der Waals surface area contributed by atoms with Gasteiger partial charge in [0.1, 0.15) is 0 Å². The van der Waals surface area contributed by atoms with E-state index in [-0.39, 0.29) is 18.6 Å². The zero-order chi connectivity index (χ0) is 18.6. The molecule has 26 heavy (non-hydrogen) atoms. The van der Waals surface area contributed by atoms with Crippen LogP contribution in [0.2, 0.25) is 0 Å². The van der Waals surface area contributed by atoms with Gasteiger partial charge in [-0.2, -0.15) is 0 Å². The Labute approximate surface area is 151 Å². The fourth-order valence-electron chi connectivity index (χ4n) is 4.63. The molecular weight excluding hydrogens is 336 g/mol. The monoisotopic (exact) mass is 358 g/mol. The summed E-state index contributed by atoms with van der Waals surface area (Å²) in [5, 5.41) is 4.56. The van der Waals surface area contributed by atoms with Gasteiger partial charge in [-0.15, -0.1) is 0 Å². The quantitative estimate of drug-likeness (QED) is 0.611. The summed E-state index contributed by atoms with van der Waals surface area (Å²) in [6.07, 6.45) is -0.203. The summed E-state index contributed by atoms with van der Waals surface area (Å²) in [6.45, 7) is 4.76. The lowest BCUT2D eigenvalue weighted by Gasteiger charge is -2.55. The summed E-state index contributed by atoms with van der Waals surface area (Å²) in [5.74, 6) is -1.15. The Morgan fingerprint density at radius 2 is 1.92 bits per heavy atom. The third kappa shape index (κ3) is 2.25. The van der Waals surface area contributed by atoms with Crippen molar-refractivity contribution < 1.29 is 19.1 Å². The van der Waals surface area contributed by atoms with Crippen molar-refractivity contribution in [2.24, 2.45) is 11.1 Å². The van der Waals surface area contributed by atoms with Crippen molar-refractivity contribution in [3.63, 3.8) is 0 Å². The Morgan fingerprint density at radius 3 is 2.58 bits per heavy atom. The first-order valence-corrected chi connectivity index (χ1v) is 8.77. The van der Waals surface area contributed by atoms with Gasteiger partial charge in [-0.3, -0.25) is 20.2 Å². The van der Waals surface area contributed by atoms with Crippen LogP contribution in [-0.2, 0) is 27.3 Å². The Hall–Kier alpha value is -2.45. The largest absolute Gasteiger partial charge is 0.372 e. The van der Waals surface area contributed by atoms with Gasteiger partial charge >= 0.3 is 6.03 Å². The molecular formula is C18H22N4O4. The van der Waals surface area contributed by atoms with Crippen molar-refractivity contribution in [1.82, 2.24) is 10.6 Å². The molecule has 138 valence electrons. The van der Waals surface area contributed by atoms with Crippen LogP contribution >= 0.6 is 0 Å². The molecule has 8 heteroatoms. The van der Waals surface area contributed by atoms with Crippen LogP contribution < -0.4 is 21.3 Å². The van der Waals surface area contributed by atoms with E-state index in [2.05, 4.69) is 15.5 Å². The molecule has 0 bridgehead atoms. The van der Waals surface area contributed by atoms with Crippen LogP contribution in [0, 0.1) is 5.41 Å². The number of rotatable bonds is 1. The molecule has 0 saturated carbocycles. The number of urea groups is 1. The number of imide groups is 2. The molecule has 0 aliphatic carbocycles. The summed E-state index contributed by atoms with van der Waals surface area (Å²) >= 11 is 0. The summed E-state index contributed by atoms with van der Waals surface area (Å²) in [7, 11) is 0. The normalized spacial score (nSPS) is 29.7. The number of amides is 4. The van der Waals surface area contributed by atoms with Crippen LogP contribution in [-0.4, -0.2) is 42.6 Å². The smallest absolute Gasteiger partial charge is 0.328 e. The maximum atomic E-state index is 12.9. The zero-order valence-corrected chi connectivity index (χ0v) is 14.7. The van der Waals surface area contributed by atoms with Gasteiger partial charge in [0.05, 0.1) is 18.2 Å². The van der Waals surface area contributed by atoms with Crippen LogP contribution in [0.15, 0.2) is 18.2 Å². The molecule has 0 radical (unpaired) electrons. The van der Waals surface area contributed by atoms with Crippen molar-refractivity contribution in [1.29, 1.82) is 0 Å². The number of nitrogens with zero attached hydrogens (tertiary/aromatic N) is 1. The number of anilines is 1. The average Bonchev–Trinajstić information content (AvgIpc) is 2.58. The Balaban J connectivity index is 1.91. The molecule has 3 aliphatic heterocycles. The minimum Gasteiger partial charge on any atom is -0.372 e. The number of hydrogen-bond donors (Lipinski definition) is 3. The number of benzene rings is 1. The van der Waals surface area contributed by atoms with E-state index in [9.17, 15) is 14.4 Å². The van der Waals surface area contributed by atoms with Crippen LogP contribution in [0.25, 0.3) is 0 Å². The number of morpholine rings is 1. The highest BCUT2D eigenvalue weighted by molar-refractivity contribution is 6.20. The number of carbonyl (C=O) groups excluding carboxylic acids is 3. The van der Waals surface area contributed by atoms with Gasteiger partial charge in [-0.25, -0.2) is 4.79 Å². The zero-order valence-electron chi connectivity index (χ0n) is 14.7. The second-order valence-corrected chi connectivity index (χ2v) is 7.30. The van der Waals surface area contributed by atoms with E-state index < -0.39 is 29.3 Å². The molecule has 1 aromatic rings. The van der Waals surface area contributed by atoms with Crippen molar-refractivity contribution in [2.45, 2.75) is 45.1 Å². The SMILES string of the molecule is C[C@@H]1CN2c3ccc(CN)cc3CC3(C(=O)NC(=O)NC3=O)[C@H]2[C@H](C)O1. The number of nitrogens with one attached hydrogen (secondary N) is 2. The average molecular weight is 358 g/mol. The van der Waals surface area contributed by atoms with E-state index in [4.69, 9.17) is 10.5 Å². The third-order valence-electron chi connectivity index (χ3n) is 5.61. The molecule has 1 aromatic carbocycles. The van der Waals surface area contributed by atoms with Crippen LogP contribution in [0.1, 0.15) is 25.0 Å². The van der Waals surface area contributed by atoms with Gasteiger partial charge in [0.25, 0.3) is 0 Å². The van der Waals surface area contributed by atoms with Gasteiger partial charge < -0.3 is 15.4 Å². The highest BCUT2D eigenvalue weighted by Crippen LogP contribution is 2.46. The molecule has 0 aromatic heterocycles. The molecule has 4 rings (SSSR count).